The molecule has 1 fully saturated rings. The van der Waals surface area contributed by atoms with Crippen molar-refractivity contribution >= 4 is 11.5 Å². The maximum Gasteiger partial charge on any atom is 0.213 e. The maximum atomic E-state index is 5.38. The summed E-state index contributed by atoms with van der Waals surface area (Å²) in [5, 5.41) is 5.05. The van der Waals surface area contributed by atoms with E-state index in [4.69, 9.17) is 14.8 Å². The van der Waals surface area contributed by atoms with E-state index in [2.05, 4.69) is 52.9 Å². The standard InChI is InChI=1S/C25H28N6O/c1-18(2)29-13-15-30(16-14-29)22-10-9-21-27-24(19-7-5-4-6-8-19)25(31(21)28-22)20-11-12-26-23(17-20)32-3/h4-12,17-18H,13-16H2,1-3H3. The van der Waals surface area contributed by atoms with Gasteiger partial charge in [0.25, 0.3) is 0 Å². The van der Waals surface area contributed by atoms with E-state index in [0.29, 0.717) is 11.9 Å². The fraction of sp³-hybridized carbons (Fsp3) is 0.320. The zero-order chi connectivity index (χ0) is 22.1. The van der Waals surface area contributed by atoms with Gasteiger partial charge in [0.2, 0.25) is 5.88 Å². The SMILES string of the molecule is COc1cc(-c2c(-c3ccccc3)nc3ccc(N4CCN(C(C)C)CC4)nn23)ccn1. The summed E-state index contributed by atoms with van der Waals surface area (Å²) in [6.45, 7) is 8.54. The Bertz CT molecular complexity index is 1210. The molecule has 1 aliphatic heterocycles. The first kappa shape index (κ1) is 20.5. The van der Waals surface area contributed by atoms with E-state index in [1.165, 1.54) is 0 Å². The van der Waals surface area contributed by atoms with Gasteiger partial charge in [-0.2, -0.15) is 0 Å². The highest BCUT2D eigenvalue weighted by atomic mass is 16.5. The van der Waals surface area contributed by atoms with Crippen LogP contribution >= 0.6 is 0 Å². The molecule has 0 bridgehead atoms. The highest BCUT2D eigenvalue weighted by Gasteiger charge is 2.22. The molecule has 1 aromatic carbocycles. The van der Waals surface area contributed by atoms with Crippen molar-refractivity contribution < 1.29 is 4.74 Å². The van der Waals surface area contributed by atoms with Crippen molar-refractivity contribution in [2.24, 2.45) is 0 Å². The highest BCUT2D eigenvalue weighted by Crippen LogP contribution is 2.33. The molecule has 3 aromatic heterocycles. The summed E-state index contributed by atoms with van der Waals surface area (Å²) in [6, 6.07) is 18.9. The Balaban J connectivity index is 1.62. The van der Waals surface area contributed by atoms with Crippen LogP contribution in [-0.4, -0.2) is 63.8 Å². The molecule has 0 saturated carbocycles. The van der Waals surface area contributed by atoms with Crippen LogP contribution in [0.2, 0.25) is 0 Å². The van der Waals surface area contributed by atoms with E-state index in [0.717, 1.165) is 60.2 Å². The first-order valence-electron chi connectivity index (χ1n) is 11.1. The van der Waals surface area contributed by atoms with Crippen LogP contribution in [-0.2, 0) is 0 Å². The summed E-state index contributed by atoms with van der Waals surface area (Å²) in [7, 11) is 1.63. The number of hydrogen-bond donors (Lipinski definition) is 0. The van der Waals surface area contributed by atoms with Gasteiger partial charge in [0.15, 0.2) is 5.65 Å². The van der Waals surface area contributed by atoms with Crippen LogP contribution in [0.3, 0.4) is 0 Å². The molecule has 1 aliphatic rings. The minimum Gasteiger partial charge on any atom is -0.481 e. The quantitative estimate of drug-likeness (QED) is 0.479. The number of pyridine rings is 1. The molecule has 32 heavy (non-hydrogen) atoms. The summed E-state index contributed by atoms with van der Waals surface area (Å²) in [6.07, 6.45) is 1.76. The molecule has 164 valence electrons. The predicted molar refractivity (Wildman–Crippen MR) is 127 cm³/mol. The van der Waals surface area contributed by atoms with Gasteiger partial charge in [0, 0.05) is 55.6 Å². The molecule has 4 aromatic rings. The van der Waals surface area contributed by atoms with Crippen molar-refractivity contribution in [2.75, 3.05) is 38.2 Å². The molecular weight excluding hydrogens is 400 g/mol. The second-order valence-electron chi connectivity index (χ2n) is 8.34. The Hall–Kier alpha value is -3.45. The van der Waals surface area contributed by atoms with Gasteiger partial charge in [-0.3, -0.25) is 4.90 Å². The Morgan fingerprint density at radius 1 is 0.906 bits per heavy atom. The van der Waals surface area contributed by atoms with Gasteiger partial charge in [0.1, 0.15) is 11.5 Å². The average molecular weight is 429 g/mol. The number of ether oxygens (including phenoxy) is 1. The summed E-state index contributed by atoms with van der Waals surface area (Å²) < 4.78 is 7.34. The molecule has 7 nitrogen and oxygen atoms in total. The minimum atomic E-state index is 0.567. The lowest BCUT2D eigenvalue weighted by molar-refractivity contribution is 0.209. The molecule has 0 N–H and O–H groups in total. The number of fused-ring (bicyclic) bond motifs is 1. The molecule has 5 rings (SSSR count). The lowest BCUT2D eigenvalue weighted by Crippen LogP contribution is -2.49. The van der Waals surface area contributed by atoms with Gasteiger partial charge >= 0.3 is 0 Å². The molecule has 0 unspecified atom stereocenters. The maximum absolute atomic E-state index is 5.38. The molecule has 7 heteroatoms. The fourth-order valence-corrected chi connectivity index (χ4v) is 4.28. The van der Waals surface area contributed by atoms with Crippen LogP contribution in [0.25, 0.3) is 28.2 Å². The van der Waals surface area contributed by atoms with Crippen molar-refractivity contribution in [3.05, 3.63) is 60.8 Å². The Labute approximate surface area is 188 Å². The van der Waals surface area contributed by atoms with Crippen molar-refractivity contribution in [3.8, 4) is 28.4 Å². The van der Waals surface area contributed by atoms with Crippen LogP contribution in [0.5, 0.6) is 5.88 Å². The second-order valence-corrected chi connectivity index (χ2v) is 8.34. The summed E-state index contributed by atoms with van der Waals surface area (Å²) >= 11 is 0. The number of piperazine rings is 1. The van der Waals surface area contributed by atoms with E-state index in [1.54, 1.807) is 13.3 Å². The number of imidazole rings is 1. The van der Waals surface area contributed by atoms with E-state index >= 15 is 0 Å². The molecule has 0 aliphatic carbocycles. The Morgan fingerprint density at radius 2 is 1.69 bits per heavy atom. The molecule has 4 heterocycles. The molecular formula is C25H28N6O. The molecule has 0 radical (unpaired) electrons. The second kappa shape index (κ2) is 8.59. The van der Waals surface area contributed by atoms with E-state index < -0.39 is 0 Å². The van der Waals surface area contributed by atoms with Gasteiger partial charge in [-0.05, 0) is 32.0 Å². The number of aromatic nitrogens is 4. The number of benzene rings is 1. The summed E-state index contributed by atoms with van der Waals surface area (Å²) in [4.78, 5) is 14.1. The van der Waals surface area contributed by atoms with Gasteiger partial charge in [-0.25, -0.2) is 14.5 Å². The number of nitrogens with zero attached hydrogens (tertiary/aromatic N) is 6. The third-order valence-electron chi connectivity index (χ3n) is 6.10. The van der Waals surface area contributed by atoms with Crippen LogP contribution in [0, 0.1) is 0 Å². The highest BCUT2D eigenvalue weighted by molar-refractivity contribution is 5.82. The summed E-state index contributed by atoms with van der Waals surface area (Å²) in [5.41, 5.74) is 4.68. The first-order valence-corrected chi connectivity index (χ1v) is 11.1. The number of anilines is 1. The van der Waals surface area contributed by atoms with Crippen LogP contribution in [0.1, 0.15) is 13.8 Å². The van der Waals surface area contributed by atoms with E-state index in [1.807, 2.05) is 34.8 Å². The smallest absolute Gasteiger partial charge is 0.213 e. The first-order chi connectivity index (χ1) is 15.6. The normalized spacial score (nSPS) is 14.9. The van der Waals surface area contributed by atoms with Gasteiger partial charge in [0.05, 0.1) is 12.8 Å². The van der Waals surface area contributed by atoms with E-state index in [9.17, 15) is 0 Å². The average Bonchev–Trinajstić information content (AvgIpc) is 3.23. The van der Waals surface area contributed by atoms with Crippen molar-refractivity contribution in [1.29, 1.82) is 0 Å². The largest absolute Gasteiger partial charge is 0.481 e. The number of rotatable bonds is 5. The molecule has 0 atom stereocenters. The minimum absolute atomic E-state index is 0.567. The van der Waals surface area contributed by atoms with Crippen molar-refractivity contribution in [3.63, 3.8) is 0 Å². The third kappa shape index (κ3) is 3.80. The monoisotopic (exact) mass is 428 g/mol. The molecule has 0 spiro atoms. The molecule has 1 saturated heterocycles. The van der Waals surface area contributed by atoms with E-state index in [-0.39, 0.29) is 0 Å². The van der Waals surface area contributed by atoms with Crippen LogP contribution in [0.4, 0.5) is 5.82 Å². The zero-order valence-electron chi connectivity index (χ0n) is 18.8. The Kier molecular flexibility index (Phi) is 5.49. The van der Waals surface area contributed by atoms with Gasteiger partial charge in [-0.1, -0.05) is 30.3 Å². The molecule has 0 amide bonds. The fourth-order valence-electron chi connectivity index (χ4n) is 4.28. The van der Waals surface area contributed by atoms with Crippen LogP contribution < -0.4 is 9.64 Å². The lowest BCUT2D eigenvalue weighted by Gasteiger charge is -2.37. The van der Waals surface area contributed by atoms with Crippen molar-refractivity contribution in [1.82, 2.24) is 24.5 Å². The summed E-state index contributed by atoms with van der Waals surface area (Å²) in [5.74, 6) is 1.54. The Morgan fingerprint density at radius 3 is 2.41 bits per heavy atom. The predicted octanol–water partition coefficient (Wildman–Crippen LogP) is 4.00. The van der Waals surface area contributed by atoms with Gasteiger partial charge in [-0.15, -0.1) is 5.10 Å². The topological polar surface area (TPSA) is 58.8 Å². The number of hydrogen-bond acceptors (Lipinski definition) is 6. The van der Waals surface area contributed by atoms with Crippen LogP contribution in [0.15, 0.2) is 60.8 Å². The van der Waals surface area contributed by atoms with Gasteiger partial charge < -0.3 is 9.64 Å². The number of methoxy groups -OCH3 is 1. The lowest BCUT2D eigenvalue weighted by atomic mass is 10.1. The zero-order valence-corrected chi connectivity index (χ0v) is 18.8. The third-order valence-corrected chi connectivity index (χ3v) is 6.10. The van der Waals surface area contributed by atoms with Crippen molar-refractivity contribution in [2.45, 2.75) is 19.9 Å².